The van der Waals surface area contributed by atoms with E-state index in [4.69, 9.17) is 11.6 Å². The fraction of sp³-hybridized carbons (Fsp3) is 0.0769. The van der Waals surface area contributed by atoms with Gasteiger partial charge in [0.25, 0.3) is 17.4 Å². The molecule has 0 aliphatic carbocycles. The van der Waals surface area contributed by atoms with Gasteiger partial charge in [-0.2, -0.15) is 0 Å². The molecule has 1 atom stereocenters. The monoisotopic (exact) mass is 487 g/mol. The predicted molar refractivity (Wildman–Crippen MR) is 132 cm³/mol. The number of anilines is 1. The molecule has 1 fully saturated rings. The maximum absolute atomic E-state index is 13.4. The van der Waals surface area contributed by atoms with Crippen LogP contribution in [-0.2, 0) is 9.59 Å². The van der Waals surface area contributed by atoms with Crippen molar-refractivity contribution in [1.82, 2.24) is 4.98 Å². The third-order valence-corrected chi connectivity index (χ3v) is 6.33. The van der Waals surface area contributed by atoms with Crippen molar-refractivity contribution in [3.63, 3.8) is 0 Å². The number of amides is 1. The lowest BCUT2D eigenvalue weighted by Crippen LogP contribution is -2.29. The first-order valence-electron chi connectivity index (χ1n) is 10.7. The number of nitro benzene ring substituents is 1. The summed E-state index contributed by atoms with van der Waals surface area (Å²) >= 11 is 6.20. The molecule has 1 aliphatic rings. The number of aromatic amines is 1. The number of ketones is 1. The number of H-pyrrole nitrogens is 1. The van der Waals surface area contributed by atoms with E-state index in [1.54, 1.807) is 24.3 Å². The second-order valence-electron chi connectivity index (χ2n) is 8.16. The highest BCUT2D eigenvalue weighted by molar-refractivity contribution is 6.52. The van der Waals surface area contributed by atoms with E-state index in [0.29, 0.717) is 16.3 Å². The lowest BCUT2D eigenvalue weighted by Gasteiger charge is -2.26. The second-order valence-corrected chi connectivity index (χ2v) is 8.60. The van der Waals surface area contributed by atoms with Crippen molar-refractivity contribution in [3.05, 3.63) is 110 Å². The van der Waals surface area contributed by atoms with Crippen molar-refractivity contribution in [2.45, 2.75) is 13.0 Å². The average Bonchev–Trinajstić information content (AvgIpc) is 3.30. The molecule has 0 radical (unpaired) electrons. The number of para-hydroxylation sites is 1. The molecule has 0 saturated carbocycles. The van der Waals surface area contributed by atoms with Gasteiger partial charge >= 0.3 is 0 Å². The fourth-order valence-electron chi connectivity index (χ4n) is 4.55. The smallest absolute Gasteiger partial charge is 0.300 e. The van der Waals surface area contributed by atoms with Gasteiger partial charge in [-0.15, -0.1) is 0 Å². The molecule has 2 heterocycles. The number of non-ortho nitro benzene ring substituents is 1. The van der Waals surface area contributed by atoms with E-state index in [-0.39, 0.29) is 16.8 Å². The Morgan fingerprint density at radius 2 is 1.77 bits per heavy atom. The van der Waals surface area contributed by atoms with Crippen LogP contribution in [0.5, 0.6) is 0 Å². The quantitative estimate of drug-likeness (QED) is 0.126. The van der Waals surface area contributed by atoms with Crippen LogP contribution in [0.25, 0.3) is 16.7 Å². The second kappa shape index (κ2) is 8.41. The molecular weight excluding hydrogens is 470 g/mol. The predicted octanol–water partition coefficient (Wildman–Crippen LogP) is 5.66. The number of aryl methyl sites for hydroxylation is 1. The summed E-state index contributed by atoms with van der Waals surface area (Å²) in [5, 5.41) is 23.5. The SMILES string of the molecule is Cc1[nH]c2ccccc2c1C1/C(=C(\O)c2ccc([N+](=O)[O-])cc2)C(=O)C(=O)N1c1cccc(Cl)c1. The maximum Gasteiger partial charge on any atom is 0.300 e. The van der Waals surface area contributed by atoms with Crippen molar-refractivity contribution >= 4 is 51.3 Å². The van der Waals surface area contributed by atoms with Crippen molar-refractivity contribution < 1.29 is 19.6 Å². The van der Waals surface area contributed by atoms with Gasteiger partial charge in [-0.1, -0.05) is 35.9 Å². The van der Waals surface area contributed by atoms with Crippen LogP contribution in [0.15, 0.2) is 78.4 Å². The Labute approximate surface area is 204 Å². The van der Waals surface area contributed by atoms with Crippen LogP contribution in [0.2, 0.25) is 5.02 Å². The first kappa shape index (κ1) is 22.4. The summed E-state index contributed by atoms with van der Waals surface area (Å²) in [7, 11) is 0. The average molecular weight is 488 g/mol. The van der Waals surface area contributed by atoms with Gasteiger partial charge in [-0.3, -0.25) is 24.6 Å². The number of hydrogen-bond donors (Lipinski definition) is 2. The summed E-state index contributed by atoms with van der Waals surface area (Å²) in [5.74, 6) is -2.10. The van der Waals surface area contributed by atoms with Gasteiger partial charge in [0.1, 0.15) is 5.76 Å². The van der Waals surface area contributed by atoms with E-state index in [1.807, 2.05) is 31.2 Å². The number of aliphatic hydroxyl groups excluding tert-OH is 1. The molecule has 5 rings (SSSR count). The summed E-state index contributed by atoms with van der Waals surface area (Å²) in [4.78, 5) is 41.8. The summed E-state index contributed by atoms with van der Waals surface area (Å²) in [5.41, 5.74) is 2.50. The highest BCUT2D eigenvalue weighted by Gasteiger charge is 2.48. The van der Waals surface area contributed by atoms with Gasteiger partial charge < -0.3 is 10.1 Å². The van der Waals surface area contributed by atoms with E-state index in [0.717, 1.165) is 16.6 Å². The summed E-state index contributed by atoms with van der Waals surface area (Å²) in [6.07, 6.45) is 0. The third-order valence-electron chi connectivity index (χ3n) is 6.10. The van der Waals surface area contributed by atoms with Crippen LogP contribution in [0.3, 0.4) is 0 Å². The fourth-order valence-corrected chi connectivity index (χ4v) is 4.73. The van der Waals surface area contributed by atoms with Gasteiger partial charge in [0.05, 0.1) is 16.5 Å². The molecule has 2 N–H and O–H groups in total. The first-order chi connectivity index (χ1) is 16.8. The van der Waals surface area contributed by atoms with E-state index >= 15 is 0 Å². The summed E-state index contributed by atoms with van der Waals surface area (Å²) in [6, 6.07) is 18.2. The third kappa shape index (κ3) is 3.64. The van der Waals surface area contributed by atoms with Crippen LogP contribution in [0.4, 0.5) is 11.4 Å². The number of rotatable bonds is 4. The minimum atomic E-state index is -0.959. The van der Waals surface area contributed by atoms with Crippen molar-refractivity contribution in [2.75, 3.05) is 4.90 Å². The van der Waals surface area contributed by atoms with Crippen LogP contribution < -0.4 is 4.90 Å². The van der Waals surface area contributed by atoms with E-state index in [1.165, 1.54) is 29.2 Å². The number of fused-ring (bicyclic) bond motifs is 1. The maximum atomic E-state index is 13.4. The molecule has 9 heteroatoms. The molecule has 1 unspecified atom stereocenters. The van der Waals surface area contributed by atoms with E-state index in [9.17, 15) is 24.8 Å². The zero-order chi connectivity index (χ0) is 24.9. The highest BCUT2D eigenvalue weighted by Crippen LogP contribution is 2.45. The zero-order valence-electron chi connectivity index (χ0n) is 18.4. The van der Waals surface area contributed by atoms with Crippen molar-refractivity contribution in [2.24, 2.45) is 0 Å². The number of aromatic nitrogens is 1. The van der Waals surface area contributed by atoms with Crippen molar-refractivity contribution in [1.29, 1.82) is 0 Å². The molecule has 1 aromatic heterocycles. The Morgan fingerprint density at radius 3 is 2.46 bits per heavy atom. The molecule has 0 spiro atoms. The van der Waals surface area contributed by atoms with E-state index < -0.39 is 28.4 Å². The number of carbonyl (C=O) groups excluding carboxylic acids is 2. The molecule has 1 amide bonds. The Kier molecular flexibility index (Phi) is 5.37. The number of hydrogen-bond acceptors (Lipinski definition) is 5. The van der Waals surface area contributed by atoms with Gasteiger partial charge in [-0.05, 0) is 43.3 Å². The topological polar surface area (TPSA) is 117 Å². The molecule has 8 nitrogen and oxygen atoms in total. The molecule has 0 bridgehead atoms. The molecular formula is C26H18ClN3O5. The van der Waals surface area contributed by atoms with Crippen LogP contribution in [0.1, 0.15) is 22.9 Å². The number of benzene rings is 3. The largest absolute Gasteiger partial charge is 0.507 e. The normalized spacial score (nSPS) is 17.3. The number of nitrogens with zero attached hydrogens (tertiary/aromatic N) is 2. The highest BCUT2D eigenvalue weighted by atomic mass is 35.5. The molecule has 1 aliphatic heterocycles. The Balaban J connectivity index is 1.79. The minimum Gasteiger partial charge on any atom is -0.507 e. The standard InChI is InChI=1S/C26H18ClN3O5/c1-14-21(19-7-2-3-8-20(19)28-14)23-22(24(31)15-9-11-17(12-10-15)30(34)35)25(32)26(33)29(23)18-6-4-5-16(27)13-18/h2-13,23,28,31H,1H3/b24-22+. The molecule has 3 aromatic carbocycles. The number of aliphatic hydroxyl groups is 1. The minimum absolute atomic E-state index is 0.114. The number of nitro groups is 1. The van der Waals surface area contributed by atoms with Crippen molar-refractivity contribution in [3.8, 4) is 0 Å². The molecule has 4 aromatic rings. The lowest BCUT2D eigenvalue weighted by atomic mass is 9.93. The summed E-state index contributed by atoms with van der Waals surface area (Å²) in [6.45, 7) is 1.83. The number of nitrogens with one attached hydrogen (secondary N) is 1. The molecule has 1 saturated heterocycles. The first-order valence-corrected chi connectivity index (χ1v) is 11.0. The Bertz CT molecular complexity index is 1560. The van der Waals surface area contributed by atoms with Crippen LogP contribution in [0, 0.1) is 17.0 Å². The molecule has 174 valence electrons. The van der Waals surface area contributed by atoms with Crippen LogP contribution >= 0.6 is 11.6 Å². The Morgan fingerprint density at radius 1 is 1.06 bits per heavy atom. The van der Waals surface area contributed by atoms with Crippen LogP contribution in [-0.4, -0.2) is 26.7 Å². The van der Waals surface area contributed by atoms with Gasteiger partial charge in [0.2, 0.25) is 0 Å². The summed E-state index contributed by atoms with van der Waals surface area (Å²) < 4.78 is 0. The van der Waals surface area contributed by atoms with Gasteiger partial charge in [0.15, 0.2) is 0 Å². The number of carbonyl (C=O) groups is 2. The lowest BCUT2D eigenvalue weighted by molar-refractivity contribution is -0.384. The van der Waals surface area contributed by atoms with E-state index in [2.05, 4.69) is 4.98 Å². The van der Waals surface area contributed by atoms with Gasteiger partial charge in [-0.25, -0.2) is 0 Å². The Hall–Kier alpha value is -4.43. The van der Waals surface area contributed by atoms with Gasteiger partial charge in [0, 0.05) is 50.6 Å². The number of halogens is 1. The molecule has 35 heavy (non-hydrogen) atoms. The zero-order valence-corrected chi connectivity index (χ0v) is 19.1. The number of Topliss-reactive ketones (excluding diaryl/α,β-unsaturated/α-hetero) is 1.